The molecule has 2 rings (SSSR count). The highest BCUT2D eigenvalue weighted by molar-refractivity contribution is 5.94. The number of pyridine rings is 1. The minimum Gasteiger partial charge on any atom is -0.309 e. The fourth-order valence-corrected chi connectivity index (χ4v) is 1.73. The number of carbonyl (C=O) groups is 1. The Morgan fingerprint density at radius 3 is 3.13 bits per heavy atom. The highest BCUT2D eigenvalue weighted by atomic mass is 16.2. The molecule has 4 heteroatoms. The van der Waals surface area contributed by atoms with E-state index in [0.29, 0.717) is 5.82 Å². The van der Waals surface area contributed by atoms with Crippen LogP contribution in [0.25, 0.3) is 0 Å². The van der Waals surface area contributed by atoms with Crippen LogP contribution < -0.4 is 10.6 Å². The van der Waals surface area contributed by atoms with Crippen LogP contribution in [0.5, 0.6) is 0 Å². The third-order valence-corrected chi connectivity index (χ3v) is 2.52. The van der Waals surface area contributed by atoms with E-state index in [2.05, 4.69) is 15.6 Å². The molecule has 1 saturated heterocycles. The molecule has 0 radical (unpaired) electrons. The SMILES string of the molecule is Cc1cccc(NC(=O)C2CCCN2)n1. The van der Waals surface area contributed by atoms with Gasteiger partial charge in [-0.3, -0.25) is 4.79 Å². The minimum atomic E-state index is -0.0488. The van der Waals surface area contributed by atoms with Gasteiger partial charge in [0.2, 0.25) is 5.91 Å². The van der Waals surface area contributed by atoms with E-state index >= 15 is 0 Å². The molecule has 0 bridgehead atoms. The predicted octanol–water partition coefficient (Wildman–Crippen LogP) is 1.08. The number of amides is 1. The summed E-state index contributed by atoms with van der Waals surface area (Å²) in [4.78, 5) is 15.9. The third-order valence-electron chi connectivity index (χ3n) is 2.52. The molecule has 1 amide bonds. The van der Waals surface area contributed by atoms with Crippen LogP contribution in [0.4, 0.5) is 5.82 Å². The van der Waals surface area contributed by atoms with Crippen molar-refractivity contribution in [1.29, 1.82) is 0 Å². The second-order valence-electron chi connectivity index (χ2n) is 3.80. The molecule has 2 N–H and O–H groups in total. The lowest BCUT2D eigenvalue weighted by Gasteiger charge is -2.10. The fourth-order valence-electron chi connectivity index (χ4n) is 1.73. The third kappa shape index (κ3) is 2.53. The molecule has 0 aromatic carbocycles. The zero-order valence-electron chi connectivity index (χ0n) is 8.79. The maximum absolute atomic E-state index is 11.7. The van der Waals surface area contributed by atoms with Crippen molar-refractivity contribution >= 4 is 11.7 Å². The number of rotatable bonds is 2. The number of nitrogens with zero attached hydrogens (tertiary/aromatic N) is 1. The van der Waals surface area contributed by atoms with Gasteiger partial charge in [-0.05, 0) is 38.4 Å². The van der Waals surface area contributed by atoms with Gasteiger partial charge >= 0.3 is 0 Å². The highest BCUT2D eigenvalue weighted by Gasteiger charge is 2.21. The molecule has 1 aromatic heterocycles. The Hall–Kier alpha value is -1.42. The maximum Gasteiger partial charge on any atom is 0.242 e. The maximum atomic E-state index is 11.7. The van der Waals surface area contributed by atoms with Crippen molar-refractivity contribution in [3.05, 3.63) is 23.9 Å². The van der Waals surface area contributed by atoms with Gasteiger partial charge in [0.15, 0.2) is 0 Å². The molecule has 0 aliphatic carbocycles. The van der Waals surface area contributed by atoms with Gasteiger partial charge in [0.25, 0.3) is 0 Å². The van der Waals surface area contributed by atoms with E-state index in [1.807, 2.05) is 19.1 Å². The fraction of sp³-hybridized carbons (Fsp3) is 0.455. The molecule has 1 aliphatic heterocycles. The van der Waals surface area contributed by atoms with Crippen molar-refractivity contribution in [3.8, 4) is 0 Å². The first-order valence-electron chi connectivity index (χ1n) is 5.23. The molecule has 80 valence electrons. The smallest absolute Gasteiger partial charge is 0.242 e. The van der Waals surface area contributed by atoms with E-state index in [0.717, 1.165) is 25.1 Å². The molecule has 1 aromatic rings. The van der Waals surface area contributed by atoms with Crippen LogP contribution in [0.3, 0.4) is 0 Å². The molecule has 1 atom stereocenters. The van der Waals surface area contributed by atoms with E-state index in [-0.39, 0.29) is 11.9 Å². The Labute approximate surface area is 89.1 Å². The second kappa shape index (κ2) is 4.40. The van der Waals surface area contributed by atoms with E-state index < -0.39 is 0 Å². The number of hydrogen-bond acceptors (Lipinski definition) is 3. The Bertz CT molecular complexity index is 359. The van der Waals surface area contributed by atoms with Crippen molar-refractivity contribution in [2.24, 2.45) is 0 Å². The topological polar surface area (TPSA) is 54.0 Å². The van der Waals surface area contributed by atoms with Crippen molar-refractivity contribution in [2.45, 2.75) is 25.8 Å². The molecule has 1 aliphatic rings. The minimum absolute atomic E-state index is 0.0191. The van der Waals surface area contributed by atoms with Crippen LogP contribution in [-0.4, -0.2) is 23.5 Å². The normalized spacial score (nSPS) is 20.2. The summed E-state index contributed by atoms with van der Waals surface area (Å²) in [6.07, 6.45) is 1.98. The molecular weight excluding hydrogens is 190 g/mol. The number of anilines is 1. The second-order valence-corrected chi connectivity index (χ2v) is 3.80. The van der Waals surface area contributed by atoms with Crippen LogP contribution in [0.1, 0.15) is 18.5 Å². The summed E-state index contributed by atoms with van der Waals surface area (Å²) in [5.74, 6) is 0.652. The Morgan fingerprint density at radius 2 is 2.47 bits per heavy atom. The summed E-state index contributed by atoms with van der Waals surface area (Å²) in [7, 11) is 0. The molecule has 0 saturated carbocycles. The summed E-state index contributed by atoms with van der Waals surface area (Å²) in [6.45, 7) is 2.84. The van der Waals surface area contributed by atoms with Gasteiger partial charge in [-0.2, -0.15) is 0 Å². The van der Waals surface area contributed by atoms with Gasteiger partial charge in [-0.25, -0.2) is 4.98 Å². The van der Waals surface area contributed by atoms with Crippen LogP contribution in [0.15, 0.2) is 18.2 Å². The average molecular weight is 205 g/mol. The largest absolute Gasteiger partial charge is 0.309 e. The summed E-state index contributed by atoms with van der Waals surface area (Å²) in [5, 5.41) is 5.96. The molecule has 0 spiro atoms. The van der Waals surface area contributed by atoms with Crippen molar-refractivity contribution in [2.75, 3.05) is 11.9 Å². The van der Waals surface area contributed by atoms with Crippen LogP contribution in [0, 0.1) is 6.92 Å². The summed E-state index contributed by atoms with van der Waals surface area (Å²) in [6, 6.07) is 5.55. The number of aryl methyl sites for hydroxylation is 1. The number of aromatic nitrogens is 1. The van der Waals surface area contributed by atoms with Crippen LogP contribution in [0.2, 0.25) is 0 Å². The van der Waals surface area contributed by atoms with Crippen LogP contribution in [-0.2, 0) is 4.79 Å². The standard InChI is InChI=1S/C11H15N3O/c1-8-4-2-6-10(13-8)14-11(15)9-5-3-7-12-9/h2,4,6,9,12H,3,5,7H2,1H3,(H,13,14,15). The Morgan fingerprint density at radius 1 is 1.60 bits per heavy atom. The first kappa shape index (κ1) is 10.1. The van der Waals surface area contributed by atoms with E-state index in [1.165, 1.54) is 0 Å². The monoisotopic (exact) mass is 205 g/mol. The Balaban J connectivity index is 1.99. The number of hydrogen-bond donors (Lipinski definition) is 2. The van der Waals surface area contributed by atoms with Gasteiger partial charge in [-0.1, -0.05) is 6.07 Å². The summed E-state index contributed by atoms with van der Waals surface area (Å²) in [5.41, 5.74) is 0.909. The van der Waals surface area contributed by atoms with Crippen molar-refractivity contribution < 1.29 is 4.79 Å². The van der Waals surface area contributed by atoms with Crippen molar-refractivity contribution in [3.63, 3.8) is 0 Å². The van der Waals surface area contributed by atoms with Gasteiger partial charge < -0.3 is 10.6 Å². The quantitative estimate of drug-likeness (QED) is 0.759. The van der Waals surface area contributed by atoms with E-state index in [9.17, 15) is 4.79 Å². The molecule has 1 fully saturated rings. The zero-order chi connectivity index (χ0) is 10.7. The molecule has 15 heavy (non-hydrogen) atoms. The van der Waals surface area contributed by atoms with Crippen LogP contribution >= 0.6 is 0 Å². The van der Waals surface area contributed by atoms with E-state index in [4.69, 9.17) is 0 Å². The molecule has 2 heterocycles. The lowest BCUT2D eigenvalue weighted by Crippen LogP contribution is -2.35. The first-order valence-corrected chi connectivity index (χ1v) is 5.23. The predicted molar refractivity (Wildman–Crippen MR) is 58.6 cm³/mol. The number of carbonyl (C=O) groups excluding carboxylic acids is 1. The Kier molecular flexibility index (Phi) is 2.97. The molecular formula is C11H15N3O. The zero-order valence-corrected chi connectivity index (χ0v) is 8.79. The van der Waals surface area contributed by atoms with Crippen molar-refractivity contribution in [1.82, 2.24) is 10.3 Å². The summed E-state index contributed by atoms with van der Waals surface area (Å²) < 4.78 is 0. The van der Waals surface area contributed by atoms with Gasteiger partial charge in [-0.15, -0.1) is 0 Å². The van der Waals surface area contributed by atoms with E-state index in [1.54, 1.807) is 6.07 Å². The number of nitrogens with one attached hydrogen (secondary N) is 2. The first-order chi connectivity index (χ1) is 7.25. The molecule has 4 nitrogen and oxygen atoms in total. The summed E-state index contributed by atoms with van der Waals surface area (Å²) >= 11 is 0. The van der Waals surface area contributed by atoms with Gasteiger partial charge in [0.1, 0.15) is 5.82 Å². The lowest BCUT2D eigenvalue weighted by molar-refractivity contribution is -0.117. The molecule has 1 unspecified atom stereocenters. The highest BCUT2D eigenvalue weighted by Crippen LogP contribution is 2.09. The lowest BCUT2D eigenvalue weighted by atomic mass is 10.2. The average Bonchev–Trinajstić information content (AvgIpc) is 2.70. The van der Waals surface area contributed by atoms with Gasteiger partial charge in [0.05, 0.1) is 6.04 Å². The van der Waals surface area contributed by atoms with Gasteiger partial charge in [0, 0.05) is 5.69 Å².